The number of rotatable bonds is 5. The Hall–Kier alpha value is -2.95. The van der Waals surface area contributed by atoms with Crippen LogP contribution in [0.2, 0.25) is 0 Å². The summed E-state index contributed by atoms with van der Waals surface area (Å²) in [4.78, 5) is 4.51. The highest BCUT2D eigenvalue weighted by molar-refractivity contribution is 5.76. The van der Waals surface area contributed by atoms with Crippen LogP contribution in [0.3, 0.4) is 0 Å². The molecule has 5 nitrogen and oxygen atoms in total. The predicted octanol–water partition coefficient (Wildman–Crippen LogP) is 3.57. The van der Waals surface area contributed by atoms with Crippen LogP contribution in [0.25, 0.3) is 16.9 Å². The lowest BCUT2D eigenvalue weighted by molar-refractivity contribution is 0.325. The van der Waals surface area contributed by atoms with Gasteiger partial charge in [-0.3, -0.25) is 0 Å². The summed E-state index contributed by atoms with van der Waals surface area (Å²) in [5, 5.41) is 0. The lowest BCUT2D eigenvalue weighted by Crippen LogP contribution is -1.98. The number of aromatic nitrogens is 2. The van der Waals surface area contributed by atoms with Crippen LogP contribution in [0.15, 0.2) is 55.0 Å². The first-order chi connectivity index (χ1) is 11.3. The Morgan fingerprint density at radius 1 is 0.826 bits per heavy atom. The minimum Gasteiger partial charge on any atom is -0.493 e. The Kier molecular flexibility index (Phi) is 4.19. The van der Waals surface area contributed by atoms with Crippen molar-refractivity contribution < 1.29 is 14.2 Å². The first-order valence-corrected chi connectivity index (χ1v) is 7.17. The molecule has 23 heavy (non-hydrogen) atoms. The number of hydrogen-bond acceptors (Lipinski definition) is 4. The second kappa shape index (κ2) is 6.44. The summed E-state index contributed by atoms with van der Waals surface area (Å²) in [6.45, 7) is 0. The van der Waals surface area contributed by atoms with Gasteiger partial charge in [0, 0.05) is 29.7 Å². The highest BCUT2D eigenvalue weighted by atomic mass is 16.5. The van der Waals surface area contributed by atoms with E-state index in [-0.39, 0.29) is 0 Å². The molecule has 0 unspecified atom stereocenters. The summed E-state index contributed by atoms with van der Waals surface area (Å²) >= 11 is 0. The number of benzene rings is 1. The Labute approximate surface area is 135 Å². The first kappa shape index (κ1) is 15.0. The van der Waals surface area contributed by atoms with E-state index in [9.17, 15) is 0 Å². The molecule has 0 spiro atoms. The molecule has 0 aliphatic heterocycles. The summed E-state index contributed by atoms with van der Waals surface area (Å²) in [7, 11) is 4.81. The van der Waals surface area contributed by atoms with Gasteiger partial charge < -0.3 is 18.8 Å². The topological polar surface area (TPSA) is 45.5 Å². The number of pyridine rings is 1. The minimum atomic E-state index is 0.571. The van der Waals surface area contributed by atoms with Gasteiger partial charge in [0.2, 0.25) is 5.75 Å². The van der Waals surface area contributed by atoms with Crippen LogP contribution in [0.4, 0.5) is 0 Å². The highest BCUT2D eigenvalue weighted by Gasteiger charge is 2.17. The van der Waals surface area contributed by atoms with E-state index in [0.29, 0.717) is 17.2 Å². The molecule has 3 rings (SSSR count). The zero-order valence-corrected chi connectivity index (χ0v) is 13.3. The second-order valence-electron chi connectivity index (χ2n) is 4.88. The minimum absolute atomic E-state index is 0.571. The van der Waals surface area contributed by atoms with Crippen molar-refractivity contribution in [2.45, 2.75) is 0 Å². The van der Waals surface area contributed by atoms with E-state index in [1.165, 1.54) is 0 Å². The van der Waals surface area contributed by atoms with Crippen molar-refractivity contribution in [2.75, 3.05) is 21.3 Å². The third kappa shape index (κ3) is 2.73. The maximum absolute atomic E-state index is 5.53. The molecule has 2 heterocycles. The quantitative estimate of drug-likeness (QED) is 0.723. The van der Waals surface area contributed by atoms with Crippen LogP contribution in [-0.4, -0.2) is 30.9 Å². The standard InChI is InChI=1S/C18H18N2O3/c1-21-15-8-7-14(17(22-2)18(15)23-3)13-6-9-16(19-12-13)20-10-4-5-11-20/h4-12H,1-3H3. The average Bonchev–Trinajstić information content (AvgIpc) is 3.15. The monoisotopic (exact) mass is 310 g/mol. The smallest absolute Gasteiger partial charge is 0.203 e. The van der Waals surface area contributed by atoms with Gasteiger partial charge in [-0.05, 0) is 36.4 Å². The molecule has 3 aromatic rings. The van der Waals surface area contributed by atoms with Crippen molar-refractivity contribution in [3.8, 4) is 34.2 Å². The normalized spacial score (nSPS) is 10.4. The van der Waals surface area contributed by atoms with Crippen molar-refractivity contribution in [1.29, 1.82) is 0 Å². The highest BCUT2D eigenvalue weighted by Crippen LogP contribution is 2.44. The molecule has 0 atom stereocenters. The van der Waals surface area contributed by atoms with E-state index in [4.69, 9.17) is 14.2 Å². The fourth-order valence-corrected chi connectivity index (χ4v) is 2.51. The number of hydrogen-bond donors (Lipinski definition) is 0. The Morgan fingerprint density at radius 2 is 1.57 bits per heavy atom. The summed E-state index contributed by atoms with van der Waals surface area (Å²) < 4.78 is 18.2. The van der Waals surface area contributed by atoms with E-state index in [2.05, 4.69) is 4.98 Å². The molecule has 1 aromatic carbocycles. The third-order valence-electron chi connectivity index (χ3n) is 3.63. The van der Waals surface area contributed by atoms with Crippen molar-refractivity contribution in [1.82, 2.24) is 9.55 Å². The number of ether oxygens (including phenoxy) is 3. The van der Waals surface area contributed by atoms with Crippen molar-refractivity contribution >= 4 is 0 Å². The lowest BCUT2D eigenvalue weighted by Gasteiger charge is -2.16. The van der Waals surface area contributed by atoms with Crippen LogP contribution in [0, 0.1) is 0 Å². The summed E-state index contributed by atoms with van der Waals surface area (Å²) in [6.07, 6.45) is 5.73. The van der Waals surface area contributed by atoms with E-state index < -0.39 is 0 Å². The van der Waals surface area contributed by atoms with E-state index in [1.807, 2.05) is 59.6 Å². The molecule has 0 fully saturated rings. The third-order valence-corrected chi connectivity index (χ3v) is 3.63. The molecular weight excluding hydrogens is 292 g/mol. The fourth-order valence-electron chi connectivity index (χ4n) is 2.51. The molecular formula is C18H18N2O3. The molecule has 0 saturated heterocycles. The Morgan fingerprint density at radius 3 is 2.13 bits per heavy atom. The van der Waals surface area contributed by atoms with E-state index in [1.54, 1.807) is 21.3 Å². The summed E-state index contributed by atoms with van der Waals surface area (Å²) in [5.41, 5.74) is 1.84. The van der Waals surface area contributed by atoms with Crippen LogP contribution in [0.1, 0.15) is 0 Å². The van der Waals surface area contributed by atoms with Gasteiger partial charge in [-0.2, -0.15) is 0 Å². The molecule has 2 aromatic heterocycles. The van der Waals surface area contributed by atoms with Gasteiger partial charge in [-0.25, -0.2) is 4.98 Å². The van der Waals surface area contributed by atoms with Gasteiger partial charge in [0.1, 0.15) is 5.82 Å². The molecule has 0 N–H and O–H groups in total. The van der Waals surface area contributed by atoms with Gasteiger partial charge in [0.05, 0.1) is 21.3 Å². The van der Waals surface area contributed by atoms with Crippen LogP contribution in [0.5, 0.6) is 17.2 Å². The number of methoxy groups -OCH3 is 3. The van der Waals surface area contributed by atoms with E-state index in [0.717, 1.165) is 16.9 Å². The first-order valence-electron chi connectivity index (χ1n) is 7.17. The van der Waals surface area contributed by atoms with Crippen molar-refractivity contribution in [3.05, 3.63) is 55.0 Å². The van der Waals surface area contributed by atoms with Crippen molar-refractivity contribution in [2.24, 2.45) is 0 Å². The number of nitrogens with zero attached hydrogens (tertiary/aromatic N) is 2. The van der Waals surface area contributed by atoms with Crippen LogP contribution in [-0.2, 0) is 0 Å². The maximum Gasteiger partial charge on any atom is 0.203 e. The van der Waals surface area contributed by atoms with Gasteiger partial charge in [-0.1, -0.05) is 0 Å². The zero-order chi connectivity index (χ0) is 16.2. The molecule has 0 saturated carbocycles. The van der Waals surface area contributed by atoms with E-state index >= 15 is 0 Å². The molecule has 5 heteroatoms. The predicted molar refractivity (Wildman–Crippen MR) is 88.7 cm³/mol. The summed E-state index contributed by atoms with van der Waals surface area (Å²) in [6, 6.07) is 11.7. The lowest BCUT2D eigenvalue weighted by atomic mass is 10.1. The van der Waals surface area contributed by atoms with Crippen LogP contribution >= 0.6 is 0 Å². The second-order valence-corrected chi connectivity index (χ2v) is 4.88. The fraction of sp³-hybridized carbons (Fsp3) is 0.167. The average molecular weight is 310 g/mol. The molecule has 0 amide bonds. The van der Waals surface area contributed by atoms with Gasteiger partial charge >= 0.3 is 0 Å². The van der Waals surface area contributed by atoms with Gasteiger partial charge in [0.15, 0.2) is 11.5 Å². The summed E-state index contributed by atoms with van der Waals surface area (Å²) in [5.74, 6) is 2.69. The Balaban J connectivity index is 2.04. The van der Waals surface area contributed by atoms with Gasteiger partial charge in [0.25, 0.3) is 0 Å². The van der Waals surface area contributed by atoms with Crippen molar-refractivity contribution in [3.63, 3.8) is 0 Å². The molecule has 0 radical (unpaired) electrons. The van der Waals surface area contributed by atoms with Crippen LogP contribution < -0.4 is 14.2 Å². The maximum atomic E-state index is 5.53. The molecule has 0 aliphatic rings. The Bertz CT molecular complexity index is 781. The largest absolute Gasteiger partial charge is 0.493 e. The molecule has 118 valence electrons. The SMILES string of the molecule is COc1ccc(-c2ccc(-n3cccc3)nc2)c(OC)c1OC. The zero-order valence-electron chi connectivity index (χ0n) is 13.3. The molecule has 0 aliphatic carbocycles. The molecule has 0 bridgehead atoms. The van der Waals surface area contributed by atoms with Gasteiger partial charge in [-0.15, -0.1) is 0 Å².